The Balaban J connectivity index is 1.43. The summed E-state index contributed by atoms with van der Waals surface area (Å²) in [5.41, 5.74) is 7.37. The first-order chi connectivity index (χ1) is 22.7. The van der Waals surface area contributed by atoms with Crippen LogP contribution in [0.1, 0.15) is 39.5 Å². The standard InChI is InChI=1S/C37H35N3O6S/c1-27(31-18-20-33(21-19-31)40-47(2,42)43)38-39-37(41)32-22-34(44-24-28-12-6-3-7-13-28)36(46-26-30-16-10-5-11-17-30)35(23-32)45-25-29-14-8-4-9-15-29/h3-23,40H,24-26H2,1-2H3,(H,39,41)/b38-27-. The first-order valence-corrected chi connectivity index (χ1v) is 16.7. The van der Waals surface area contributed by atoms with Crippen LogP contribution in [-0.2, 0) is 29.8 Å². The molecule has 1 amide bonds. The third-order valence-corrected chi connectivity index (χ3v) is 7.52. The minimum Gasteiger partial charge on any atom is -0.485 e. The Hall–Kier alpha value is -5.61. The average Bonchev–Trinajstić information content (AvgIpc) is 3.08. The molecule has 0 aliphatic heterocycles. The largest absolute Gasteiger partial charge is 0.485 e. The topological polar surface area (TPSA) is 115 Å². The van der Waals surface area contributed by atoms with E-state index < -0.39 is 15.9 Å². The number of nitrogens with zero attached hydrogens (tertiary/aromatic N) is 1. The van der Waals surface area contributed by atoms with Crippen LogP contribution in [0.5, 0.6) is 17.2 Å². The second-order valence-electron chi connectivity index (χ2n) is 10.7. The molecule has 5 aromatic carbocycles. The Morgan fingerprint density at radius 2 is 1.09 bits per heavy atom. The fraction of sp³-hybridized carbons (Fsp3) is 0.135. The van der Waals surface area contributed by atoms with Gasteiger partial charge in [0.1, 0.15) is 19.8 Å². The average molecular weight is 650 g/mol. The van der Waals surface area contributed by atoms with Crippen LogP contribution in [-0.4, -0.2) is 26.3 Å². The molecule has 0 saturated carbocycles. The van der Waals surface area contributed by atoms with E-state index in [1.54, 1.807) is 43.3 Å². The van der Waals surface area contributed by atoms with Gasteiger partial charge >= 0.3 is 0 Å². The van der Waals surface area contributed by atoms with Crippen molar-refractivity contribution in [2.24, 2.45) is 5.10 Å². The molecule has 2 N–H and O–H groups in total. The molecule has 9 nitrogen and oxygen atoms in total. The Morgan fingerprint density at radius 1 is 0.638 bits per heavy atom. The summed E-state index contributed by atoms with van der Waals surface area (Å²) in [5.74, 6) is 0.577. The fourth-order valence-corrected chi connectivity index (χ4v) is 5.09. The number of rotatable bonds is 14. The van der Waals surface area contributed by atoms with Crippen LogP contribution in [0.15, 0.2) is 132 Å². The molecule has 0 spiro atoms. The molecular formula is C37H35N3O6S. The second kappa shape index (κ2) is 15.6. The van der Waals surface area contributed by atoms with Crippen molar-refractivity contribution in [2.75, 3.05) is 11.0 Å². The van der Waals surface area contributed by atoms with Crippen LogP contribution in [0, 0.1) is 0 Å². The van der Waals surface area contributed by atoms with Gasteiger partial charge in [0.05, 0.1) is 12.0 Å². The smallest absolute Gasteiger partial charge is 0.271 e. The summed E-state index contributed by atoms with van der Waals surface area (Å²) in [6.45, 7) is 2.49. The number of amides is 1. The predicted octanol–water partition coefficient (Wildman–Crippen LogP) is 6.95. The Bertz CT molecular complexity index is 1850. The molecule has 47 heavy (non-hydrogen) atoms. The van der Waals surface area contributed by atoms with Crippen molar-refractivity contribution in [3.05, 3.63) is 155 Å². The third kappa shape index (κ3) is 9.94. The second-order valence-corrected chi connectivity index (χ2v) is 12.5. The van der Waals surface area contributed by atoms with Crippen molar-refractivity contribution in [1.29, 1.82) is 0 Å². The van der Waals surface area contributed by atoms with Gasteiger partial charge in [-0.1, -0.05) is 103 Å². The lowest BCUT2D eigenvalue weighted by atomic mass is 10.1. The number of nitrogens with one attached hydrogen (secondary N) is 2. The number of ether oxygens (including phenoxy) is 3. The van der Waals surface area contributed by atoms with Crippen LogP contribution in [0.4, 0.5) is 5.69 Å². The molecule has 0 fully saturated rings. The molecule has 0 aromatic heterocycles. The molecule has 5 rings (SSSR count). The molecule has 0 saturated heterocycles. The quantitative estimate of drug-likeness (QED) is 0.0994. The number of carbonyl (C=O) groups is 1. The first kappa shape index (κ1) is 32.8. The summed E-state index contributed by atoms with van der Waals surface area (Å²) in [6, 6.07) is 39.0. The molecule has 0 atom stereocenters. The van der Waals surface area contributed by atoms with E-state index in [0.29, 0.717) is 34.2 Å². The highest BCUT2D eigenvalue weighted by atomic mass is 32.2. The lowest BCUT2D eigenvalue weighted by Gasteiger charge is -2.19. The van der Waals surface area contributed by atoms with Crippen LogP contribution in [0.2, 0.25) is 0 Å². The maximum Gasteiger partial charge on any atom is 0.271 e. The number of anilines is 1. The Labute approximate surface area is 274 Å². The SMILES string of the molecule is C/C(=N/NC(=O)c1cc(OCc2ccccc2)c(OCc2ccccc2)c(OCc2ccccc2)c1)c1ccc(NS(C)(=O)=O)cc1. The number of carbonyl (C=O) groups excluding carboxylic acids is 1. The Morgan fingerprint density at radius 3 is 1.53 bits per heavy atom. The van der Waals surface area contributed by atoms with Crippen LogP contribution < -0.4 is 24.4 Å². The normalized spacial score (nSPS) is 11.4. The lowest BCUT2D eigenvalue weighted by molar-refractivity contribution is 0.0953. The highest BCUT2D eigenvalue weighted by molar-refractivity contribution is 7.92. The fourth-order valence-electron chi connectivity index (χ4n) is 4.52. The molecule has 0 aliphatic carbocycles. The third-order valence-electron chi connectivity index (χ3n) is 6.91. The van der Waals surface area contributed by atoms with E-state index in [0.717, 1.165) is 22.9 Å². The zero-order valence-corrected chi connectivity index (χ0v) is 26.9. The molecule has 0 bridgehead atoms. The highest BCUT2D eigenvalue weighted by Crippen LogP contribution is 2.40. The van der Waals surface area contributed by atoms with Crippen molar-refractivity contribution in [3.8, 4) is 17.2 Å². The number of benzene rings is 5. The van der Waals surface area contributed by atoms with Crippen molar-refractivity contribution in [1.82, 2.24) is 5.43 Å². The molecule has 5 aromatic rings. The van der Waals surface area contributed by atoms with E-state index in [2.05, 4.69) is 15.2 Å². The van der Waals surface area contributed by atoms with Gasteiger partial charge in [0, 0.05) is 11.3 Å². The molecular weight excluding hydrogens is 614 g/mol. The zero-order chi connectivity index (χ0) is 33.1. The van der Waals surface area contributed by atoms with E-state index in [4.69, 9.17) is 14.2 Å². The van der Waals surface area contributed by atoms with E-state index in [1.807, 2.05) is 91.0 Å². The molecule has 0 unspecified atom stereocenters. The van der Waals surface area contributed by atoms with Gasteiger partial charge < -0.3 is 14.2 Å². The molecule has 10 heteroatoms. The summed E-state index contributed by atoms with van der Waals surface area (Å²) >= 11 is 0. The van der Waals surface area contributed by atoms with Crippen molar-refractivity contribution >= 4 is 27.3 Å². The predicted molar refractivity (Wildman–Crippen MR) is 183 cm³/mol. The summed E-state index contributed by atoms with van der Waals surface area (Å²) in [5, 5.41) is 4.29. The summed E-state index contributed by atoms with van der Waals surface area (Å²) in [6.07, 6.45) is 1.08. The van der Waals surface area contributed by atoms with Gasteiger partial charge in [0.2, 0.25) is 15.8 Å². The van der Waals surface area contributed by atoms with Gasteiger partial charge in [-0.25, -0.2) is 13.8 Å². The van der Waals surface area contributed by atoms with Gasteiger partial charge in [-0.3, -0.25) is 9.52 Å². The highest BCUT2D eigenvalue weighted by Gasteiger charge is 2.20. The van der Waals surface area contributed by atoms with Crippen LogP contribution in [0.25, 0.3) is 0 Å². The van der Waals surface area contributed by atoms with Crippen LogP contribution >= 0.6 is 0 Å². The summed E-state index contributed by atoms with van der Waals surface area (Å²) in [4.78, 5) is 13.5. The minimum atomic E-state index is -3.40. The summed E-state index contributed by atoms with van der Waals surface area (Å²) < 4.78 is 44.3. The first-order valence-electron chi connectivity index (χ1n) is 14.8. The van der Waals surface area contributed by atoms with Crippen molar-refractivity contribution in [3.63, 3.8) is 0 Å². The monoisotopic (exact) mass is 649 g/mol. The minimum absolute atomic E-state index is 0.243. The van der Waals surface area contributed by atoms with E-state index in [1.165, 1.54) is 0 Å². The van der Waals surface area contributed by atoms with Crippen molar-refractivity contribution in [2.45, 2.75) is 26.7 Å². The summed E-state index contributed by atoms with van der Waals surface area (Å²) in [7, 11) is -3.40. The number of hydrazone groups is 1. The van der Waals surface area contributed by atoms with Crippen LogP contribution in [0.3, 0.4) is 0 Å². The zero-order valence-electron chi connectivity index (χ0n) is 26.1. The molecule has 0 aliphatic rings. The number of hydrogen-bond acceptors (Lipinski definition) is 7. The van der Waals surface area contributed by atoms with Gasteiger partial charge in [-0.15, -0.1) is 0 Å². The van der Waals surface area contributed by atoms with Gasteiger partial charge in [-0.2, -0.15) is 5.10 Å². The number of hydrogen-bond donors (Lipinski definition) is 2. The van der Waals surface area contributed by atoms with Crippen molar-refractivity contribution < 1.29 is 27.4 Å². The van der Waals surface area contributed by atoms with E-state index >= 15 is 0 Å². The van der Waals surface area contributed by atoms with E-state index in [9.17, 15) is 13.2 Å². The maximum absolute atomic E-state index is 13.5. The maximum atomic E-state index is 13.5. The Kier molecular flexibility index (Phi) is 10.9. The van der Waals surface area contributed by atoms with E-state index in [-0.39, 0.29) is 25.4 Å². The number of sulfonamides is 1. The van der Waals surface area contributed by atoms with Gasteiger partial charge in [0.15, 0.2) is 11.5 Å². The molecule has 240 valence electrons. The van der Waals surface area contributed by atoms with Gasteiger partial charge in [0.25, 0.3) is 5.91 Å². The lowest BCUT2D eigenvalue weighted by Crippen LogP contribution is -2.20. The van der Waals surface area contributed by atoms with Gasteiger partial charge in [-0.05, 0) is 53.4 Å². The molecule has 0 heterocycles. The molecule has 0 radical (unpaired) electrons.